The molecule has 0 aliphatic rings. The minimum absolute atomic E-state index is 0.232. The summed E-state index contributed by atoms with van der Waals surface area (Å²) in [6.45, 7) is 7.04. The summed E-state index contributed by atoms with van der Waals surface area (Å²) in [6, 6.07) is -0.232. The molecule has 0 saturated carbocycles. The van der Waals surface area contributed by atoms with Crippen LogP contribution in [0.1, 0.15) is 42.3 Å². The number of aromatic nitrogens is 1. The number of hydrogen-bond acceptors (Lipinski definition) is 4. The number of aliphatic hydroxyl groups excluding tert-OH is 1. The molecule has 0 aliphatic heterocycles. The van der Waals surface area contributed by atoms with Gasteiger partial charge in [-0.25, -0.2) is 9.78 Å². The molecule has 0 radical (unpaired) electrons. The van der Waals surface area contributed by atoms with Crippen LogP contribution in [0.2, 0.25) is 0 Å². The van der Waals surface area contributed by atoms with Crippen LogP contribution in [0, 0.1) is 6.92 Å². The zero-order valence-electron chi connectivity index (χ0n) is 12.5. The normalized spacial score (nSPS) is 12.2. The number of thiazole rings is 1. The van der Waals surface area contributed by atoms with Gasteiger partial charge in [0.25, 0.3) is 0 Å². The minimum atomic E-state index is -0.459. The summed E-state index contributed by atoms with van der Waals surface area (Å²) < 4.78 is 0. The molecule has 0 aliphatic carbocycles. The maximum Gasteiger partial charge on any atom is 0.314 e. The monoisotopic (exact) mass is 299 g/mol. The molecule has 0 aromatic carbocycles. The van der Waals surface area contributed by atoms with Crippen LogP contribution in [-0.4, -0.2) is 35.3 Å². The number of hydrogen-bond donors (Lipinski definition) is 3. The van der Waals surface area contributed by atoms with Gasteiger partial charge in [-0.2, -0.15) is 0 Å². The first kappa shape index (κ1) is 16.9. The standard InChI is InChI=1S/C14H25N3O2S/c1-4-6-11(18)9-16-14(19)15-8-7-13-17-12(5-2)10(3)20-13/h11,18H,4-9H2,1-3H3,(H2,15,16,19). The summed E-state index contributed by atoms with van der Waals surface area (Å²) in [4.78, 5) is 17.3. The number of urea groups is 1. The quantitative estimate of drug-likeness (QED) is 0.687. The summed E-state index contributed by atoms with van der Waals surface area (Å²) in [5.41, 5.74) is 1.15. The lowest BCUT2D eigenvalue weighted by Gasteiger charge is -2.11. The molecule has 114 valence electrons. The SMILES string of the molecule is CCCC(O)CNC(=O)NCCc1nc(CC)c(C)s1. The maximum absolute atomic E-state index is 11.5. The molecule has 1 unspecified atom stereocenters. The first-order chi connectivity index (χ1) is 9.56. The van der Waals surface area contributed by atoms with Crippen molar-refractivity contribution in [1.82, 2.24) is 15.6 Å². The Kier molecular flexibility index (Phi) is 7.54. The van der Waals surface area contributed by atoms with E-state index in [1.807, 2.05) is 6.92 Å². The first-order valence-electron chi connectivity index (χ1n) is 7.21. The highest BCUT2D eigenvalue weighted by Gasteiger charge is 2.08. The van der Waals surface area contributed by atoms with Crippen molar-refractivity contribution in [1.29, 1.82) is 0 Å². The van der Waals surface area contributed by atoms with Gasteiger partial charge in [0.05, 0.1) is 16.8 Å². The van der Waals surface area contributed by atoms with Gasteiger partial charge in [-0.3, -0.25) is 0 Å². The minimum Gasteiger partial charge on any atom is -0.391 e. The Labute approximate surface area is 124 Å². The smallest absolute Gasteiger partial charge is 0.314 e. The highest BCUT2D eigenvalue weighted by molar-refractivity contribution is 7.11. The van der Waals surface area contributed by atoms with Crippen LogP contribution in [0.4, 0.5) is 4.79 Å². The summed E-state index contributed by atoms with van der Waals surface area (Å²) in [5.74, 6) is 0. The van der Waals surface area contributed by atoms with Crippen molar-refractivity contribution >= 4 is 17.4 Å². The van der Waals surface area contributed by atoms with Gasteiger partial charge in [-0.15, -0.1) is 11.3 Å². The van der Waals surface area contributed by atoms with Crippen LogP contribution in [0.15, 0.2) is 0 Å². The van der Waals surface area contributed by atoms with Crippen molar-refractivity contribution in [3.05, 3.63) is 15.6 Å². The molecule has 3 N–H and O–H groups in total. The van der Waals surface area contributed by atoms with Crippen molar-refractivity contribution in [2.75, 3.05) is 13.1 Å². The van der Waals surface area contributed by atoms with Gasteiger partial charge < -0.3 is 15.7 Å². The van der Waals surface area contributed by atoms with Crippen molar-refractivity contribution < 1.29 is 9.90 Å². The van der Waals surface area contributed by atoms with E-state index in [0.29, 0.717) is 19.5 Å². The highest BCUT2D eigenvalue weighted by atomic mass is 32.1. The topological polar surface area (TPSA) is 74.2 Å². The summed E-state index contributed by atoms with van der Waals surface area (Å²) >= 11 is 1.69. The number of amides is 2. The third-order valence-corrected chi connectivity index (χ3v) is 4.09. The van der Waals surface area contributed by atoms with E-state index in [2.05, 4.69) is 29.5 Å². The molecule has 0 bridgehead atoms. The molecule has 1 aromatic heterocycles. The lowest BCUT2D eigenvalue weighted by atomic mass is 10.2. The van der Waals surface area contributed by atoms with E-state index in [1.165, 1.54) is 4.88 Å². The second-order valence-corrected chi connectivity index (χ2v) is 6.08. The Bertz CT molecular complexity index is 421. The molecule has 20 heavy (non-hydrogen) atoms. The summed E-state index contributed by atoms with van der Waals surface area (Å²) in [6.07, 6.45) is 2.85. The largest absolute Gasteiger partial charge is 0.391 e. The van der Waals surface area contributed by atoms with Gasteiger partial charge in [0.2, 0.25) is 0 Å². The van der Waals surface area contributed by atoms with Crippen LogP contribution in [-0.2, 0) is 12.8 Å². The second kappa shape index (κ2) is 8.92. The van der Waals surface area contributed by atoms with E-state index >= 15 is 0 Å². The van der Waals surface area contributed by atoms with Crippen LogP contribution in [0.25, 0.3) is 0 Å². The van der Waals surface area contributed by atoms with E-state index in [9.17, 15) is 9.90 Å². The van der Waals surface area contributed by atoms with Gasteiger partial charge in [0.1, 0.15) is 0 Å². The Morgan fingerprint density at radius 3 is 2.75 bits per heavy atom. The average molecular weight is 299 g/mol. The number of nitrogens with one attached hydrogen (secondary N) is 2. The van der Waals surface area contributed by atoms with E-state index in [0.717, 1.165) is 30.0 Å². The van der Waals surface area contributed by atoms with Crippen LogP contribution >= 0.6 is 11.3 Å². The molecular formula is C14H25N3O2S. The lowest BCUT2D eigenvalue weighted by molar-refractivity contribution is 0.160. The third kappa shape index (κ3) is 5.88. The maximum atomic E-state index is 11.5. The molecule has 6 heteroatoms. The fourth-order valence-electron chi connectivity index (χ4n) is 1.91. The lowest BCUT2D eigenvalue weighted by Crippen LogP contribution is -2.40. The van der Waals surface area contributed by atoms with Gasteiger partial charge >= 0.3 is 6.03 Å². The predicted molar refractivity (Wildman–Crippen MR) is 82.2 cm³/mol. The van der Waals surface area contributed by atoms with Crippen molar-refractivity contribution in [3.63, 3.8) is 0 Å². The predicted octanol–water partition coefficient (Wildman–Crippen LogP) is 2.02. The Morgan fingerprint density at radius 1 is 1.40 bits per heavy atom. The van der Waals surface area contributed by atoms with Crippen LogP contribution in [0.3, 0.4) is 0 Å². The Morgan fingerprint density at radius 2 is 2.15 bits per heavy atom. The average Bonchev–Trinajstić information content (AvgIpc) is 2.77. The zero-order valence-corrected chi connectivity index (χ0v) is 13.3. The molecule has 2 amide bonds. The number of nitrogens with zero attached hydrogens (tertiary/aromatic N) is 1. The molecule has 1 rings (SSSR count). The zero-order chi connectivity index (χ0) is 15.0. The van der Waals surface area contributed by atoms with Gasteiger partial charge in [0, 0.05) is 24.4 Å². The van der Waals surface area contributed by atoms with Gasteiger partial charge in [-0.1, -0.05) is 20.3 Å². The highest BCUT2D eigenvalue weighted by Crippen LogP contribution is 2.17. The van der Waals surface area contributed by atoms with E-state index in [-0.39, 0.29) is 6.03 Å². The number of carbonyl (C=O) groups excluding carboxylic acids is 1. The molecule has 1 atom stereocenters. The molecule has 0 fully saturated rings. The van der Waals surface area contributed by atoms with Crippen LogP contribution in [0.5, 0.6) is 0 Å². The molecule has 0 spiro atoms. The fraction of sp³-hybridized carbons (Fsp3) is 0.714. The number of carbonyl (C=O) groups is 1. The molecular weight excluding hydrogens is 274 g/mol. The van der Waals surface area contributed by atoms with Crippen molar-refractivity contribution in [3.8, 4) is 0 Å². The number of rotatable bonds is 8. The Balaban J connectivity index is 2.21. The third-order valence-electron chi connectivity index (χ3n) is 3.02. The second-order valence-electron chi connectivity index (χ2n) is 4.79. The van der Waals surface area contributed by atoms with E-state index < -0.39 is 6.10 Å². The molecule has 5 nitrogen and oxygen atoms in total. The Hall–Kier alpha value is -1.14. The molecule has 1 aromatic rings. The number of aliphatic hydroxyl groups is 1. The molecule has 1 heterocycles. The van der Waals surface area contributed by atoms with E-state index in [4.69, 9.17) is 0 Å². The fourth-order valence-corrected chi connectivity index (χ4v) is 2.94. The summed E-state index contributed by atoms with van der Waals surface area (Å²) in [5, 5.41) is 16.0. The molecule has 0 saturated heterocycles. The van der Waals surface area contributed by atoms with Gasteiger partial charge in [-0.05, 0) is 19.8 Å². The van der Waals surface area contributed by atoms with Crippen molar-refractivity contribution in [2.24, 2.45) is 0 Å². The number of aryl methyl sites for hydroxylation is 2. The van der Waals surface area contributed by atoms with Crippen LogP contribution < -0.4 is 10.6 Å². The van der Waals surface area contributed by atoms with Gasteiger partial charge in [0.15, 0.2) is 0 Å². The van der Waals surface area contributed by atoms with Crippen molar-refractivity contribution in [2.45, 2.75) is 52.6 Å². The summed E-state index contributed by atoms with van der Waals surface area (Å²) in [7, 11) is 0. The van der Waals surface area contributed by atoms with E-state index in [1.54, 1.807) is 11.3 Å². The first-order valence-corrected chi connectivity index (χ1v) is 8.03.